The van der Waals surface area contributed by atoms with E-state index in [9.17, 15) is 4.79 Å². The van der Waals surface area contributed by atoms with Gasteiger partial charge in [0.1, 0.15) is 0 Å². The maximum absolute atomic E-state index is 11.8. The lowest BCUT2D eigenvalue weighted by Gasteiger charge is -2.10. The van der Waals surface area contributed by atoms with Gasteiger partial charge in [-0.1, -0.05) is 68.5 Å². The van der Waals surface area contributed by atoms with Crippen molar-refractivity contribution in [1.29, 1.82) is 0 Å². The lowest BCUT2D eigenvalue weighted by Crippen LogP contribution is -2.12. The van der Waals surface area contributed by atoms with E-state index in [1.165, 1.54) is 32.1 Å². The second kappa shape index (κ2) is 12.3. The second-order valence-corrected chi connectivity index (χ2v) is 5.93. The van der Waals surface area contributed by atoms with Gasteiger partial charge in [-0.2, -0.15) is 0 Å². The molecule has 1 unspecified atom stereocenters. The Hall–Kier alpha value is -1.28. The molecule has 0 heterocycles. The molecule has 1 rings (SSSR count). The summed E-state index contributed by atoms with van der Waals surface area (Å²) in [5.41, 5.74) is 0.786. The van der Waals surface area contributed by atoms with Gasteiger partial charge in [-0.3, -0.25) is 4.79 Å². The summed E-state index contributed by atoms with van der Waals surface area (Å²) in [5, 5.41) is -0.703. The number of carbonyl (C=O) groups excluding carboxylic acids is 1. The largest absolute Gasteiger partial charge is 0.464 e. The highest BCUT2D eigenvalue weighted by molar-refractivity contribution is 6.29. The molecule has 0 amide bonds. The van der Waals surface area contributed by atoms with Crippen molar-refractivity contribution < 1.29 is 9.53 Å². The molecule has 1 aromatic rings. The third kappa shape index (κ3) is 8.23. The van der Waals surface area contributed by atoms with E-state index in [0.29, 0.717) is 6.61 Å². The van der Waals surface area contributed by atoms with Crippen molar-refractivity contribution in [2.45, 2.75) is 56.7 Å². The van der Waals surface area contributed by atoms with Gasteiger partial charge in [-0.15, -0.1) is 18.2 Å². The van der Waals surface area contributed by atoms with Gasteiger partial charge in [0.05, 0.1) is 6.61 Å². The summed E-state index contributed by atoms with van der Waals surface area (Å²) >= 11 is 6.10. The number of allylic oxidation sites excluding steroid dienone is 1. The fraction of sp³-hybridized carbons (Fsp3) is 0.526. The number of halogens is 1. The molecular weight excluding hydrogens is 296 g/mol. The van der Waals surface area contributed by atoms with Gasteiger partial charge in [0.15, 0.2) is 5.38 Å². The molecule has 0 aromatic heterocycles. The minimum atomic E-state index is -0.703. The lowest BCUT2D eigenvalue weighted by atomic mass is 10.1. The van der Waals surface area contributed by atoms with Crippen molar-refractivity contribution in [2.75, 3.05) is 6.61 Å². The Kier molecular flexibility index (Phi) is 10.5. The van der Waals surface area contributed by atoms with Gasteiger partial charge >= 0.3 is 5.97 Å². The van der Waals surface area contributed by atoms with Gasteiger partial charge in [-0.25, -0.2) is 0 Å². The van der Waals surface area contributed by atoms with Crippen LogP contribution in [-0.2, 0) is 9.53 Å². The van der Waals surface area contributed by atoms with E-state index in [1.807, 2.05) is 36.4 Å². The van der Waals surface area contributed by atoms with Gasteiger partial charge in [0.2, 0.25) is 0 Å². The number of carbonyl (C=O) groups is 1. The van der Waals surface area contributed by atoms with Crippen LogP contribution in [0.2, 0.25) is 0 Å². The van der Waals surface area contributed by atoms with E-state index < -0.39 is 5.38 Å². The summed E-state index contributed by atoms with van der Waals surface area (Å²) in [6.07, 6.45) is 11.4. The first-order valence-corrected chi connectivity index (χ1v) is 8.66. The highest BCUT2D eigenvalue weighted by Crippen LogP contribution is 2.21. The third-order valence-corrected chi connectivity index (χ3v) is 4.03. The van der Waals surface area contributed by atoms with Crippen molar-refractivity contribution in [1.82, 2.24) is 0 Å². The van der Waals surface area contributed by atoms with Crippen molar-refractivity contribution >= 4 is 17.6 Å². The summed E-state index contributed by atoms with van der Waals surface area (Å²) in [5.74, 6) is -0.350. The first-order valence-electron chi connectivity index (χ1n) is 8.22. The smallest absolute Gasteiger partial charge is 0.328 e. The van der Waals surface area contributed by atoms with Gasteiger partial charge in [0, 0.05) is 0 Å². The Morgan fingerprint density at radius 1 is 1.05 bits per heavy atom. The van der Waals surface area contributed by atoms with E-state index in [-0.39, 0.29) is 5.97 Å². The standard InChI is InChI=1S/C19H27ClO2/c1-2-3-4-5-6-7-8-9-13-16-22-19(21)18(20)17-14-11-10-12-15-17/h2,10-12,14-15,18H,1,3-9,13,16H2. The molecule has 0 bridgehead atoms. The fourth-order valence-corrected chi connectivity index (χ4v) is 2.49. The number of esters is 1. The molecule has 1 atom stereocenters. The Bertz CT molecular complexity index is 417. The van der Waals surface area contributed by atoms with Crippen molar-refractivity contribution in [3.63, 3.8) is 0 Å². The van der Waals surface area contributed by atoms with Crippen LogP contribution in [0.25, 0.3) is 0 Å². The quantitative estimate of drug-likeness (QED) is 0.210. The third-order valence-electron chi connectivity index (χ3n) is 3.60. The summed E-state index contributed by atoms with van der Waals surface area (Å²) in [6.45, 7) is 4.19. The molecule has 0 aliphatic rings. The molecule has 1 aromatic carbocycles. The average Bonchev–Trinajstić information content (AvgIpc) is 2.56. The molecule has 0 N–H and O–H groups in total. The van der Waals surface area contributed by atoms with E-state index in [4.69, 9.17) is 16.3 Å². The van der Waals surface area contributed by atoms with Crippen LogP contribution < -0.4 is 0 Å². The maximum Gasteiger partial charge on any atom is 0.328 e. The van der Waals surface area contributed by atoms with Crippen LogP contribution in [-0.4, -0.2) is 12.6 Å². The number of hydrogen-bond acceptors (Lipinski definition) is 2. The number of rotatable bonds is 12. The predicted octanol–water partition coefficient (Wildman–Crippen LogP) is 5.82. The Morgan fingerprint density at radius 3 is 2.27 bits per heavy atom. The molecule has 0 fully saturated rings. The average molecular weight is 323 g/mol. The molecule has 3 heteroatoms. The van der Waals surface area contributed by atoms with Crippen LogP contribution >= 0.6 is 11.6 Å². The highest BCUT2D eigenvalue weighted by Gasteiger charge is 2.18. The van der Waals surface area contributed by atoms with Crippen LogP contribution in [0.15, 0.2) is 43.0 Å². The van der Waals surface area contributed by atoms with Crippen LogP contribution in [0.1, 0.15) is 62.3 Å². The minimum Gasteiger partial charge on any atom is -0.464 e. The Balaban J connectivity index is 2.00. The lowest BCUT2D eigenvalue weighted by molar-refractivity contribution is -0.143. The predicted molar refractivity (Wildman–Crippen MR) is 93.1 cm³/mol. The molecule has 2 nitrogen and oxygen atoms in total. The molecule has 0 saturated carbocycles. The van der Waals surface area contributed by atoms with E-state index in [2.05, 4.69) is 6.58 Å². The zero-order valence-corrected chi connectivity index (χ0v) is 14.1. The van der Waals surface area contributed by atoms with Crippen LogP contribution in [0.3, 0.4) is 0 Å². The number of benzene rings is 1. The Labute approximate surface area is 139 Å². The summed E-state index contributed by atoms with van der Waals surface area (Å²) in [6, 6.07) is 9.31. The van der Waals surface area contributed by atoms with Crippen LogP contribution in [0, 0.1) is 0 Å². The number of alkyl halides is 1. The monoisotopic (exact) mass is 322 g/mol. The molecular formula is C19H27ClO2. The Morgan fingerprint density at radius 2 is 1.64 bits per heavy atom. The fourth-order valence-electron chi connectivity index (χ4n) is 2.28. The maximum atomic E-state index is 11.8. The molecule has 22 heavy (non-hydrogen) atoms. The SMILES string of the molecule is C=CCCCCCCCCCOC(=O)C(Cl)c1ccccc1. The summed E-state index contributed by atoms with van der Waals surface area (Å²) in [4.78, 5) is 11.8. The molecule has 0 saturated heterocycles. The molecule has 0 aliphatic heterocycles. The molecule has 122 valence electrons. The van der Waals surface area contributed by atoms with Crippen LogP contribution in [0.4, 0.5) is 0 Å². The molecule has 0 radical (unpaired) electrons. The zero-order valence-electron chi connectivity index (χ0n) is 13.3. The summed E-state index contributed by atoms with van der Waals surface area (Å²) < 4.78 is 5.24. The zero-order chi connectivity index (χ0) is 16.0. The molecule has 0 spiro atoms. The van der Waals surface area contributed by atoms with Crippen LogP contribution in [0.5, 0.6) is 0 Å². The summed E-state index contributed by atoms with van der Waals surface area (Å²) in [7, 11) is 0. The normalized spacial score (nSPS) is 11.9. The highest BCUT2D eigenvalue weighted by atomic mass is 35.5. The van der Waals surface area contributed by atoms with Gasteiger partial charge in [0.25, 0.3) is 0 Å². The van der Waals surface area contributed by atoms with Crippen molar-refractivity contribution in [2.24, 2.45) is 0 Å². The number of unbranched alkanes of at least 4 members (excludes halogenated alkanes) is 7. The minimum absolute atomic E-state index is 0.350. The van der Waals surface area contributed by atoms with E-state index in [0.717, 1.165) is 24.8 Å². The van der Waals surface area contributed by atoms with Crippen molar-refractivity contribution in [3.8, 4) is 0 Å². The van der Waals surface area contributed by atoms with Gasteiger partial charge in [-0.05, 0) is 24.8 Å². The van der Waals surface area contributed by atoms with E-state index >= 15 is 0 Å². The second-order valence-electron chi connectivity index (χ2n) is 5.49. The topological polar surface area (TPSA) is 26.3 Å². The first-order chi connectivity index (χ1) is 10.8. The van der Waals surface area contributed by atoms with Crippen molar-refractivity contribution in [3.05, 3.63) is 48.6 Å². The van der Waals surface area contributed by atoms with E-state index in [1.54, 1.807) is 0 Å². The molecule has 0 aliphatic carbocycles. The van der Waals surface area contributed by atoms with Gasteiger partial charge < -0.3 is 4.74 Å². The number of ether oxygens (including phenoxy) is 1. The number of hydrogen-bond donors (Lipinski definition) is 0. The first kappa shape index (κ1) is 18.8.